The molecule has 5 heteroatoms. The molecule has 5 nitrogen and oxygen atoms in total. The Bertz CT molecular complexity index is 329. The van der Waals surface area contributed by atoms with E-state index in [1.54, 1.807) is 19.2 Å². The molecule has 0 spiro atoms. The van der Waals surface area contributed by atoms with Gasteiger partial charge in [0.15, 0.2) is 0 Å². The number of hydrogen-bond acceptors (Lipinski definition) is 5. The minimum absolute atomic E-state index is 0.416. The standard InChI is InChI=1S/C11H19N3O2/c1-4-11(3,15)8-13-10-12-7-6-9(14-10)16-5-2/h6-7,15H,4-5,8H2,1-3H3,(H,12,13,14). The SMILES string of the molecule is CCOc1ccnc(NCC(C)(O)CC)n1. The highest BCUT2D eigenvalue weighted by atomic mass is 16.5. The summed E-state index contributed by atoms with van der Waals surface area (Å²) in [5.41, 5.74) is -0.745. The molecule has 1 aromatic rings. The first-order chi connectivity index (χ1) is 7.57. The maximum absolute atomic E-state index is 9.81. The molecule has 1 heterocycles. The van der Waals surface area contributed by atoms with Crippen LogP contribution in [0, 0.1) is 0 Å². The van der Waals surface area contributed by atoms with Crippen molar-refractivity contribution in [3.63, 3.8) is 0 Å². The fraction of sp³-hybridized carbons (Fsp3) is 0.636. The van der Waals surface area contributed by atoms with E-state index in [9.17, 15) is 5.11 Å². The zero-order valence-corrected chi connectivity index (χ0v) is 10.0. The summed E-state index contributed by atoms with van der Waals surface area (Å²) in [5.74, 6) is 1.01. The number of anilines is 1. The fourth-order valence-electron chi connectivity index (χ4n) is 1.05. The molecule has 0 aliphatic heterocycles. The summed E-state index contributed by atoms with van der Waals surface area (Å²) in [7, 11) is 0. The van der Waals surface area contributed by atoms with Crippen molar-refractivity contribution in [3.05, 3.63) is 12.3 Å². The zero-order valence-electron chi connectivity index (χ0n) is 10.0. The van der Waals surface area contributed by atoms with Crippen molar-refractivity contribution in [2.45, 2.75) is 32.8 Å². The van der Waals surface area contributed by atoms with Crippen LogP contribution in [-0.4, -0.2) is 33.8 Å². The van der Waals surface area contributed by atoms with E-state index in [1.807, 2.05) is 13.8 Å². The molecule has 2 N–H and O–H groups in total. The summed E-state index contributed by atoms with van der Waals surface area (Å²) in [4.78, 5) is 8.19. The van der Waals surface area contributed by atoms with Gasteiger partial charge in [0.1, 0.15) is 0 Å². The second-order valence-electron chi connectivity index (χ2n) is 3.86. The van der Waals surface area contributed by atoms with Crippen molar-refractivity contribution in [1.29, 1.82) is 0 Å². The van der Waals surface area contributed by atoms with E-state index in [1.165, 1.54) is 0 Å². The molecule has 0 bridgehead atoms. The summed E-state index contributed by atoms with van der Waals surface area (Å²) < 4.78 is 5.25. The van der Waals surface area contributed by atoms with Crippen LogP contribution in [0.1, 0.15) is 27.2 Å². The summed E-state index contributed by atoms with van der Waals surface area (Å²) in [6.07, 6.45) is 2.30. The number of aliphatic hydroxyl groups is 1. The molecule has 0 radical (unpaired) electrons. The first-order valence-electron chi connectivity index (χ1n) is 5.49. The van der Waals surface area contributed by atoms with E-state index in [0.29, 0.717) is 31.4 Å². The maximum Gasteiger partial charge on any atom is 0.226 e. The quantitative estimate of drug-likeness (QED) is 0.767. The van der Waals surface area contributed by atoms with Crippen molar-refractivity contribution in [1.82, 2.24) is 9.97 Å². The van der Waals surface area contributed by atoms with Crippen LogP contribution in [0.5, 0.6) is 5.88 Å². The van der Waals surface area contributed by atoms with Gasteiger partial charge in [-0.15, -0.1) is 0 Å². The molecule has 0 aromatic carbocycles. The number of hydrogen-bond donors (Lipinski definition) is 2. The van der Waals surface area contributed by atoms with Crippen LogP contribution in [0.2, 0.25) is 0 Å². The molecule has 1 atom stereocenters. The van der Waals surface area contributed by atoms with Crippen LogP contribution < -0.4 is 10.1 Å². The van der Waals surface area contributed by atoms with Gasteiger partial charge in [-0.05, 0) is 20.3 Å². The largest absolute Gasteiger partial charge is 0.478 e. The Hall–Kier alpha value is -1.36. The van der Waals surface area contributed by atoms with E-state index in [4.69, 9.17) is 4.74 Å². The Morgan fingerprint density at radius 2 is 2.25 bits per heavy atom. The van der Waals surface area contributed by atoms with Crippen LogP contribution in [0.15, 0.2) is 12.3 Å². The van der Waals surface area contributed by atoms with Gasteiger partial charge in [-0.1, -0.05) is 6.92 Å². The molecule has 0 fully saturated rings. The monoisotopic (exact) mass is 225 g/mol. The van der Waals surface area contributed by atoms with E-state index in [2.05, 4.69) is 15.3 Å². The Morgan fingerprint density at radius 3 is 2.88 bits per heavy atom. The Kier molecular flexibility index (Phi) is 4.49. The third-order valence-electron chi connectivity index (χ3n) is 2.31. The van der Waals surface area contributed by atoms with Gasteiger partial charge in [-0.3, -0.25) is 0 Å². The second kappa shape index (κ2) is 5.65. The Morgan fingerprint density at radius 1 is 1.50 bits per heavy atom. The van der Waals surface area contributed by atoms with Gasteiger partial charge >= 0.3 is 0 Å². The van der Waals surface area contributed by atoms with Gasteiger partial charge in [0.25, 0.3) is 0 Å². The lowest BCUT2D eigenvalue weighted by Gasteiger charge is -2.21. The Labute approximate surface area is 95.9 Å². The lowest BCUT2D eigenvalue weighted by Crippen LogP contribution is -2.32. The summed E-state index contributed by atoms with van der Waals surface area (Å²) >= 11 is 0. The van der Waals surface area contributed by atoms with Crippen molar-refractivity contribution in [2.75, 3.05) is 18.5 Å². The van der Waals surface area contributed by atoms with E-state index in [-0.39, 0.29) is 0 Å². The summed E-state index contributed by atoms with van der Waals surface area (Å²) in [5, 5.41) is 12.8. The zero-order chi connectivity index (χ0) is 12.0. The third kappa shape index (κ3) is 4.02. The summed E-state index contributed by atoms with van der Waals surface area (Å²) in [6.45, 7) is 6.59. The molecule has 16 heavy (non-hydrogen) atoms. The normalized spacial score (nSPS) is 14.2. The minimum Gasteiger partial charge on any atom is -0.478 e. The van der Waals surface area contributed by atoms with Crippen molar-refractivity contribution in [2.24, 2.45) is 0 Å². The van der Waals surface area contributed by atoms with E-state index < -0.39 is 5.60 Å². The minimum atomic E-state index is -0.745. The Balaban J connectivity index is 2.57. The van der Waals surface area contributed by atoms with E-state index >= 15 is 0 Å². The van der Waals surface area contributed by atoms with Crippen LogP contribution in [0.25, 0.3) is 0 Å². The lowest BCUT2D eigenvalue weighted by molar-refractivity contribution is 0.0695. The average Bonchev–Trinajstić information content (AvgIpc) is 2.28. The van der Waals surface area contributed by atoms with Gasteiger partial charge in [0.05, 0.1) is 12.2 Å². The molecule has 1 aromatic heterocycles. The molecule has 1 unspecified atom stereocenters. The first kappa shape index (κ1) is 12.7. The maximum atomic E-state index is 9.81. The molecular weight excluding hydrogens is 206 g/mol. The fourth-order valence-corrected chi connectivity index (χ4v) is 1.05. The number of ether oxygens (including phenoxy) is 1. The van der Waals surface area contributed by atoms with Gasteiger partial charge in [-0.25, -0.2) is 4.98 Å². The first-order valence-corrected chi connectivity index (χ1v) is 5.49. The topological polar surface area (TPSA) is 67.3 Å². The van der Waals surface area contributed by atoms with Crippen molar-refractivity contribution >= 4 is 5.95 Å². The van der Waals surface area contributed by atoms with Gasteiger partial charge < -0.3 is 15.2 Å². The van der Waals surface area contributed by atoms with Gasteiger partial charge in [-0.2, -0.15) is 4.98 Å². The molecular formula is C11H19N3O2. The molecule has 0 saturated carbocycles. The van der Waals surface area contributed by atoms with Crippen LogP contribution in [0.4, 0.5) is 5.95 Å². The molecule has 0 saturated heterocycles. The smallest absolute Gasteiger partial charge is 0.226 e. The molecule has 0 amide bonds. The lowest BCUT2D eigenvalue weighted by atomic mass is 10.0. The van der Waals surface area contributed by atoms with Crippen LogP contribution >= 0.6 is 0 Å². The number of nitrogens with one attached hydrogen (secondary N) is 1. The molecule has 1 rings (SSSR count). The van der Waals surface area contributed by atoms with Crippen LogP contribution in [-0.2, 0) is 0 Å². The third-order valence-corrected chi connectivity index (χ3v) is 2.31. The highest BCUT2D eigenvalue weighted by Crippen LogP contribution is 2.11. The molecule has 90 valence electrons. The van der Waals surface area contributed by atoms with Crippen LogP contribution in [0.3, 0.4) is 0 Å². The van der Waals surface area contributed by atoms with Gasteiger partial charge in [0.2, 0.25) is 11.8 Å². The number of aromatic nitrogens is 2. The predicted octanol–water partition coefficient (Wildman–Crippen LogP) is 1.45. The van der Waals surface area contributed by atoms with Crippen molar-refractivity contribution in [3.8, 4) is 5.88 Å². The molecule has 0 aliphatic rings. The van der Waals surface area contributed by atoms with Gasteiger partial charge in [0, 0.05) is 18.8 Å². The summed E-state index contributed by atoms with van der Waals surface area (Å²) in [6, 6.07) is 1.70. The predicted molar refractivity (Wildman–Crippen MR) is 62.6 cm³/mol. The second-order valence-corrected chi connectivity index (χ2v) is 3.86. The number of nitrogens with zero attached hydrogens (tertiary/aromatic N) is 2. The highest BCUT2D eigenvalue weighted by molar-refractivity contribution is 5.27. The highest BCUT2D eigenvalue weighted by Gasteiger charge is 2.17. The van der Waals surface area contributed by atoms with E-state index in [0.717, 1.165) is 0 Å². The van der Waals surface area contributed by atoms with Crippen molar-refractivity contribution < 1.29 is 9.84 Å². The molecule has 0 aliphatic carbocycles. The number of rotatable bonds is 6. The average molecular weight is 225 g/mol.